The van der Waals surface area contributed by atoms with Gasteiger partial charge in [0.25, 0.3) is 0 Å². The summed E-state index contributed by atoms with van der Waals surface area (Å²) in [6, 6.07) is 7.66. The van der Waals surface area contributed by atoms with Crippen LogP contribution in [0.25, 0.3) is 6.08 Å². The third-order valence-corrected chi connectivity index (χ3v) is 3.87. The van der Waals surface area contributed by atoms with Crippen LogP contribution in [0.4, 0.5) is 0 Å². The molecule has 0 spiro atoms. The lowest BCUT2D eigenvalue weighted by Crippen LogP contribution is -2.14. The number of aromatic amines is 1. The molecule has 5 nitrogen and oxygen atoms in total. The van der Waals surface area contributed by atoms with Crippen molar-refractivity contribution in [1.82, 2.24) is 4.98 Å². The van der Waals surface area contributed by atoms with Crippen LogP contribution in [0.5, 0.6) is 0 Å². The number of nitrogens with one attached hydrogen (secondary N) is 1. The number of esters is 1. The number of Topliss-reactive ketones (excluding diaryl/α,β-unsaturated/α-hetero) is 2. The molecule has 2 rings (SSSR count). The molecule has 130 valence electrons. The summed E-state index contributed by atoms with van der Waals surface area (Å²) >= 11 is 0. The van der Waals surface area contributed by atoms with Gasteiger partial charge in [-0.25, -0.2) is 4.79 Å². The van der Waals surface area contributed by atoms with Crippen LogP contribution in [0.2, 0.25) is 0 Å². The number of hydrogen-bond donors (Lipinski definition) is 1. The molecular formula is C20H21NO4. The number of carbonyl (C=O) groups excluding carboxylic acids is 3. The lowest BCUT2D eigenvalue weighted by Gasteiger charge is -2.02. The standard InChI is InChI=1S/C20H21NO4/c1-12-6-5-7-16(10-12)8-9-18(24)25-11-17(23)20-13(2)19(15(4)22)14(3)21-20/h5-10,21H,11H2,1-4H3/b9-8+. The Bertz CT molecular complexity index is 859. The molecule has 2 aromatic rings. The van der Waals surface area contributed by atoms with Crippen molar-refractivity contribution in [3.63, 3.8) is 0 Å². The molecule has 0 radical (unpaired) electrons. The Hall–Kier alpha value is -2.95. The Morgan fingerprint density at radius 3 is 2.48 bits per heavy atom. The van der Waals surface area contributed by atoms with E-state index in [-0.39, 0.29) is 18.2 Å². The monoisotopic (exact) mass is 339 g/mol. The Labute approximate surface area is 146 Å². The molecule has 0 saturated carbocycles. The summed E-state index contributed by atoms with van der Waals surface area (Å²) in [6.07, 6.45) is 2.92. The van der Waals surface area contributed by atoms with E-state index in [1.165, 1.54) is 13.0 Å². The zero-order valence-electron chi connectivity index (χ0n) is 14.8. The van der Waals surface area contributed by atoms with Gasteiger partial charge in [-0.15, -0.1) is 0 Å². The SMILES string of the molecule is CC(=O)c1c(C)[nH]c(C(=O)COC(=O)/C=C/c2cccc(C)c2)c1C. The smallest absolute Gasteiger partial charge is 0.331 e. The van der Waals surface area contributed by atoms with E-state index in [1.807, 2.05) is 31.2 Å². The predicted molar refractivity (Wildman–Crippen MR) is 95.8 cm³/mol. The number of ether oxygens (including phenoxy) is 1. The molecule has 0 aliphatic rings. The highest BCUT2D eigenvalue weighted by Crippen LogP contribution is 2.19. The van der Waals surface area contributed by atoms with Crippen LogP contribution in [-0.2, 0) is 9.53 Å². The van der Waals surface area contributed by atoms with Gasteiger partial charge in [0, 0.05) is 17.3 Å². The Morgan fingerprint density at radius 1 is 1.16 bits per heavy atom. The van der Waals surface area contributed by atoms with Gasteiger partial charge in [-0.1, -0.05) is 29.8 Å². The Balaban J connectivity index is 1.99. The number of hydrogen-bond acceptors (Lipinski definition) is 4. The van der Waals surface area contributed by atoms with E-state index in [0.717, 1.165) is 11.1 Å². The number of aromatic nitrogens is 1. The van der Waals surface area contributed by atoms with Crippen molar-refractivity contribution in [3.05, 3.63) is 64.0 Å². The van der Waals surface area contributed by atoms with Crippen LogP contribution in [0.1, 0.15) is 50.2 Å². The highest BCUT2D eigenvalue weighted by atomic mass is 16.5. The third-order valence-electron chi connectivity index (χ3n) is 3.87. The van der Waals surface area contributed by atoms with Gasteiger partial charge in [0.1, 0.15) is 0 Å². The highest BCUT2D eigenvalue weighted by molar-refractivity contribution is 6.04. The summed E-state index contributed by atoms with van der Waals surface area (Å²) in [5.41, 5.74) is 4.00. The van der Waals surface area contributed by atoms with E-state index < -0.39 is 5.97 Å². The number of carbonyl (C=O) groups is 3. The number of rotatable bonds is 6. The van der Waals surface area contributed by atoms with Gasteiger partial charge < -0.3 is 9.72 Å². The van der Waals surface area contributed by atoms with Crippen molar-refractivity contribution in [3.8, 4) is 0 Å². The number of ketones is 2. The average Bonchev–Trinajstić information content (AvgIpc) is 2.85. The molecule has 0 saturated heterocycles. The minimum Gasteiger partial charge on any atom is -0.454 e. The van der Waals surface area contributed by atoms with Crippen LogP contribution in [0, 0.1) is 20.8 Å². The second-order valence-electron chi connectivity index (χ2n) is 5.96. The zero-order chi connectivity index (χ0) is 18.6. The molecule has 0 amide bonds. The number of aryl methyl sites for hydroxylation is 2. The lowest BCUT2D eigenvalue weighted by molar-refractivity contribution is -0.136. The zero-order valence-corrected chi connectivity index (χ0v) is 14.8. The maximum Gasteiger partial charge on any atom is 0.331 e. The fourth-order valence-electron chi connectivity index (χ4n) is 2.75. The van der Waals surface area contributed by atoms with Gasteiger partial charge in [0.15, 0.2) is 12.4 Å². The van der Waals surface area contributed by atoms with Crippen LogP contribution in [-0.4, -0.2) is 29.1 Å². The first kappa shape index (κ1) is 18.4. The molecule has 25 heavy (non-hydrogen) atoms. The first-order valence-corrected chi connectivity index (χ1v) is 7.94. The summed E-state index contributed by atoms with van der Waals surface area (Å²) in [4.78, 5) is 38.5. The normalized spacial score (nSPS) is 10.9. The van der Waals surface area contributed by atoms with Crippen molar-refractivity contribution in [2.75, 3.05) is 6.61 Å². The van der Waals surface area contributed by atoms with Crippen molar-refractivity contribution in [2.45, 2.75) is 27.7 Å². The fourth-order valence-corrected chi connectivity index (χ4v) is 2.75. The van der Waals surface area contributed by atoms with Crippen molar-refractivity contribution in [2.24, 2.45) is 0 Å². The third kappa shape index (κ3) is 4.53. The summed E-state index contributed by atoms with van der Waals surface area (Å²) in [7, 11) is 0. The second-order valence-corrected chi connectivity index (χ2v) is 5.96. The first-order valence-electron chi connectivity index (χ1n) is 7.94. The fraction of sp³-hybridized carbons (Fsp3) is 0.250. The van der Waals surface area contributed by atoms with Crippen molar-refractivity contribution in [1.29, 1.82) is 0 Å². The van der Waals surface area contributed by atoms with Crippen LogP contribution < -0.4 is 0 Å². The molecular weight excluding hydrogens is 318 g/mol. The molecule has 0 aliphatic carbocycles. The maximum atomic E-state index is 12.2. The van der Waals surface area contributed by atoms with Crippen molar-refractivity contribution >= 4 is 23.6 Å². The summed E-state index contributed by atoms with van der Waals surface area (Å²) < 4.78 is 4.99. The molecule has 0 unspecified atom stereocenters. The quantitative estimate of drug-likeness (QED) is 0.496. The van der Waals surface area contributed by atoms with Gasteiger partial charge in [-0.2, -0.15) is 0 Å². The molecule has 1 aromatic carbocycles. The summed E-state index contributed by atoms with van der Waals surface area (Å²) in [6.45, 7) is 6.47. The second kappa shape index (κ2) is 7.75. The van der Waals surface area contributed by atoms with Gasteiger partial charge >= 0.3 is 5.97 Å². The number of benzene rings is 1. The molecule has 0 bridgehead atoms. The van der Waals surface area contributed by atoms with Gasteiger partial charge in [-0.05, 0) is 44.9 Å². The highest BCUT2D eigenvalue weighted by Gasteiger charge is 2.20. The lowest BCUT2D eigenvalue weighted by atomic mass is 10.1. The average molecular weight is 339 g/mol. The van der Waals surface area contributed by atoms with Crippen LogP contribution in [0.3, 0.4) is 0 Å². The molecule has 1 N–H and O–H groups in total. The maximum absolute atomic E-state index is 12.2. The van der Waals surface area contributed by atoms with Gasteiger partial charge in [-0.3, -0.25) is 9.59 Å². The minimum absolute atomic E-state index is 0.108. The topological polar surface area (TPSA) is 76.2 Å². The van der Waals surface area contributed by atoms with Crippen LogP contribution >= 0.6 is 0 Å². The molecule has 0 aliphatic heterocycles. The largest absolute Gasteiger partial charge is 0.454 e. The van der Waals surface area contributed by atoms with E-state index in [9.17, 15) is 14.4 Å². The molecule has 1 aromatic heterocycles. The Morgan fingerprint density at radius 2 is 1.88 bits per heavy atom. The predicted octanol–water partition coefficient (Wildman–Crippen LogP) is 3.58. The summed E-state index contributed by atoms with van der Waals surface area (Å²) in [5.74, 6) is -1.07. The van der Waals surface area contributed by atoms with Gasteiger partial charge in [0.05, 0.1) is 5.69 Å². The summed E-state index contributed by atoms with van der Waals surface area (Å²) in [5, 5.41) is 0. The minimum atomic E-state index is -0.595. The van der Waals surface area contributed by atoms with E-state index in [4.69, 9.17) is 4.74 Å². The van der Waals surface area contributed by atoms with Crippen LogP contribution in [0.15, 0.2) is 30.3 Å². The first-order chi connectivity index (χ1) is 11.8. The van der Waals surface area contributed by atoms with E-state index in [0.29, 0.717) is 22.5 Å². The van der Waals surface area contributed by atoms with E-state index in [1.54, 1.807) is 19.9 Å². The molecule has 0 atom stereocenters. The molecule has 0 fully saturated rings. The Kier molecular flexibility index (Phi) is 5.70. The van der Waals surface area contributed by atoms with Crippen molar-refractivity contribution < 1.29 is 19.1 Å². The van der Waals surface area contributed by atoms with E-state index >= 15 is 0 Å². The molecule has 5 heteroatoms. The molecule has 1 heterocycles. The number of H-pyrrole nitrogens is 1. The van der Waals surface area contributed by atoms with E-state index in [2.05, 4.69) is 4.98 Å². The van der Waals surface area contributed by atoms with Gasteiger partial charge in [0.2, 0.25) is 5.78 Å².